The van der Waals surface area contributed by atoms with Gasteiger partial charge in [-0.1, -0.05) is 43.8 Å². The van der Waals surface area contributed by atoms with Crippen LogP contribution in [0.15, 0.2) is 35.5 Å². The molecule has 0 bridgehead atoms. The van der Waals surface area contributed by atoms with Crippen LogP contribution in [-0.2, 0) is 4.79 Å². The van der Waals surface area contributed by atoms with Crippen molar-refractivity contribution in [1.29, 1.82) is 0 Å². The number of benzene rings is 1. The molecule has 2 rings (SSSR count). The van der Waals surface area contributed by atoms with Gasteiger partial charge in [-0.05, 0) is 35.4 Å². The molecule has 2 aromatic rings. The Hall–Kier alpha value is -1.89. The predicted molar refractivity (Wildman–Crippen MR) is 82.3 cm³/mol. The first-order chi connectivity index (χ1) is 10.1. The van der Waals surface area contributed by atoms with Gasteiger partial charge in [-0.25, -0.2) is 0 Å². The van der Waals surface area contributed by atoms with E-state index in [0.717, 1.165) is 5.69 Å². The molecule has 0 radical (unpaired) electrons. The van der Waals surface area contributed by atoms with Crippen LogP contribution in [0.25, 0.3) is 5.69 Å². The average molecular weight is 305 g/mol. The Morgan fingerprint density at radius 1 is 1.29 bits per heavy atom. The third-order valence-electron chi connectivity index (χ3n) is 3.16. The Kier molecular flexibility index (Phi) is 5.32. The fourth-order valence-electron chi connectivity index (χ4n) is 1.59. The van der Waals surface area contributed by atoms with Crippen LogP contribution in [0.1, 0.15) is 20.8 Å². The molecule has 0 aliphatic rings. The molecule has 1 N–H and O–H groups in total. The molecule has 0 aliphatic heterocycles. The van der Waals surface area contributed by atoms with Gasteiger partial charge in [0.25, 0.3) is 0 Å². The fourth-order valence-corrected chi connectivity index (χ4v) is 2.29. The van der Waals surface area contributed by atoms with Gasteiger partial charge in [-0.2, -0.15) is 4.68 Å². The molecule has 0 saturated heterocycles. The summed E-state index contributed by atoms with van der Waals surface area (Å²) in [6.45, 7) is 6.16. The van der Waals surface area contributed by atoms with Gasteiger partial charge in [0.1, 0.15) is 0 Å². The summed E-state index contributed by atoms with van der Waals surface area (Å²) in [6.07, 6.45) is 0. The summed E-state index contributed by atoms with van der Waals surface area (Å²) in [5, 5.41) is 15.2. The van der Waals surface area contributed by atoms with E-state index in [1.165, 1.54) is 11.8 Å². The first-order valence-corrected chi connectivity index (χ1v) is 7.82. The van der Waals surface area contributed by atoms with Crippen LogP contribution in [0, 0.1) is 5.92 Å². The zero-order chi connectivity index (χ0) is 15.2. The smallest absolute Gasteiger partial charge is 0.230 e. The number of hydrogen-bond donors (Lipinski definition) is 1. The molecule has 0 spiro atoms. The molecule has 21 heavy (non-hydrogen) atoms. The van der Waals surface area contributed by atoms with Gasteiger partial charge in [0, 0.05) is 6.04 Å². The highest BCUT2D eigenvalue weighted by molar-refractivity contribution is 7.99. The van der Waals surface area contributed by atoms with Gasteiger partial charge in [-0.3, -0.25) is 4.79 Å². The van der Waals surface area contributed by atoms with E-state index in [2.05, 4.69) is 34.7 Å². The molecular formula is C14H19N5OS. The zero-order valence-corrected chi connectivity index (χ0v) is 13.2. The van der Waals surface area contributed by atoms with Crippen molar-refractivity contribution in [2.45, 2.75) is 32.0 Å². The second-order valence-electron chi connectivity index (χ2n) is 5.10. The number of rotatable bonds is 6. The summed E-state index contributed by atoms with van der Waals surface area (Å²) >= 11 is 1.33. The van der Waals surface area contributed by atoms with E-state index in [1.807, 2.05) is 37.3 Å². The largest absolute Gasteiger partial charge is 0.353 e. The maximum absolute atomic E-state index is 11.9. The van der Waals surface area contributed by atoms with Gasteiger partial charge in [0.15, 0.2) is 0 Å². The lowest BCUT2D eigenvalue weighted by Crippen LogP contribution is -2.37. The van der Waals surface area contributed by atoms with Crippen LogP contribution in [0.2, 0.25) is 0 Å². The first kappa shape index (κ1) is 15.5. The van der Waals surface area contributed by atoms with Gasteiger partial charge in [-0.15, -0.1) is 5.10 Å². The van der Waals surface area contributed by atoms with Gasteiger partial charge in [0.05, 0.1) is 11.4 Å². The lowest BCUT2D eigenvalue weighted by Gasteiger charge is -2.17. The van der Waals surface area contributed by atoms with E-state index < -0.39 is 0 Å². The molecule has 0 aliphatic carbocycles. The number of carbonyl (C=O) groups is 1. The van der Waals surface area contributed by atoms with Crippen molar-refractivity contribution >= 4 is 17.7 Å². The molecule has 0 saturated carbocycles. The van der Waals surface area contributed by atoms with Crippen LogP contribution in [0.4, 0.5) is 0 Å². The van der Waals surface area contributed by atoms with Gasteiger partial charge >= 0.3 is 0 Å². The summed E-state index contributed by atoms with van der Waals surface area (Å²) < 4.78 is 1.63. The molecule has 1 aromatic carbocycles. The molecule has 0 unspecified atom stereocenters. The number of aromatic nitrogens is 4. The minimum absolute atomic E-state index is 0.0104. The van der Waals surface area contributed by atoms with Crippen LogP contribution < -0.4 is 5.32 Å². The van der Waals surface area contributed by atoms with Crippen molar-refractivity contribution in [1.82, 2.24) is 25.5 Å². The number of nitrogens with one attached hydrogen (secondary N) is 1. The lowest BCUT2D eigenvalue weighted by atomic mass is 10.1. The number of hydrogen-bond acceptors (Lipinski definition) is 5. The van der Waals surface area contributed by atoms with Gasteiger partial charge < -0.3 is 5.32 Å². The Bertz CT molecular complexity index is 584. The third-order valence-corrected chi connectivity index (χ3v) is 4.08. The van der Waals surface area contributed by atoms with Crippen LogP contribution >= 0.6 is 11.8 Å². The summed E-state index contributed by atoms with van der Waals surface area (Å²) in [6, 6.07) is 9.76. The number of amides is 1. The van der Waals surface area contributed by atoms with E-state index in [9.17, 15) is 4.79 Å². The highest BCUT2D eigenvalue weighted by Gasteiger charge is 2.14. The average Bonchev–Trinajstić information content (AvgIpc) is 2.94. The monoisotopic (exact) mass is 305 g/mol. The maximum atomic E-state index is 11.9. The quantitative estimate of drug-likeness (QED) is 0.825. The highest BCUT2D eigenvalue weighted by Crippen LogP contribution is 2.17. The molecule has 6 nitrogen and oxygen atoms in total. The fraction of sp³-hybridized carbons (Fsp3) is 0.429. The van der Waals surface area contributed by atoms with Crippen molar-refractivity contribution in [2.24, 2.45) is 5.92 Å². The maximum Gasteiger partial charge on any atom is 0.230 e. The van der Waals surface area contributed by atoms with E-state index >= 15 is 0 Å². The normalized spacial score (nSPS) is 12.4. The first-order valence-electron chi connectivity index (χ1n) is 6.84. The molecule has 1 atom stereocenters. The van der Waals surface area contributed by atoms with Crippen LogP contribution in [0.3, 0.4) is 0 Å². The topological polar surface area (TPSA) is 72.7 Å². The Labute approximate surface area is 128 Å². The molecule has 1 amide bonds. The number of thioether (sulfide) groups is 1. The highest BCUT2D eigenvalue weighted by atomic mass is 32.2. The molecular weight excluding hydrogens is 286 g/mol. The standard InChI is InChI=1S/C14H19N5OS/c1-10(2)11(3)15-13(20)9-21-14-16-17-18-19(14)12-7-5-4-6-8-12/h4-8,10-11H,9H2,1-3H3,(H,15,20)/t11-/m0/s1. The van der Waals surface area contributed by atoms with Crippen molar-refractivity contribution in [3.63, 3.8) is 0 Å². The molecule has 7 heteroatoms. The molecule has 1 heterocycles. The van der Waals surface area contributed by atoms with Crippen molar-refractivity contribution < 1.29 is 4.79 Å². The van der Waals surface area contributed by atoms with Crippen molar-refractivity contribution in [2.75, 3.05) is 5.75 Å². The second-order valence-corrected chi connectivity index (χ2v) is 6.04. The lowest BCUT2D eigenvalue weighted by molar-refractivity contribution is -0.119. The summed E-state index contributed by atoms with van der Waals surface area (Å²) in [5.41, 5.74) is 0.876. The van der Waals surface area contributed by atoms with Gasteiger partial charge in [0.2, 0.25) is 11.1 Å². The Balaban J connectivity index is 1.96. The van der Waals surface area contributed by atoms with E-state index in [0.29, 0.717) is 16.8 Å². The SMILES string of the molecule is CC(C)[C@H](C)NC(=O)CSc1nnnn1-c1ccccc1. The molecule has 1 aromatic heterocycles. The molecule has 112 valence electrons. The predicted octanol–water partition coefficient (Wildman–Crippen LogP) is 1.92. The Morgan fingerprint density at radius 2 is 2.00 bits per heavy atom. The number of carbonyl (C=O) groups excluding carboxylic acids is 1. The minimum Gasteiger partial charge on any atom is -0.353 e. The summed E-state index contributed by atoms with van der Waals surface area (Å²) in [5.74, 6) is 0.696. The van der Waals surface area contributed by atoms with Crippen molar-refractivity contribution in [3.8, 4) is 5.69 Å². The summed E-state index contributed by atoms with van der Waals surface area (Å²) in [4.78, 5) is 11.9. The Morgan fingerprint density at radius 3 is 2.67 bits per heavy atom. The third kappa shape index (κ3) is 4.29. The van der Waals surface area contributed by atoms with E-state index in [-0.39, 0.29) is 11.9 Å². The number of tetrazole rings is 1. The molecule has 0 fully saturated rings. The van der Waals surface area contributed by atoms with Crippen LogP contribution in [0.5, 0.6) is 0 Å². The minimum atomic E-state index is -0.0104. The number of para-hydroxylation sites is 1. The number of nitrogens with zero attached hydrogens (tertiary/aromatic N) is 4. The zero-order valence-electron chi connectivity index (χ0n) is 12.4. The van der Waals surface area contributed by atoms with Crippen molar-refractivity contribution in [3.05, 3.63) is 30.3 Å². The van der Waals surface area contributed by atoms with Crippen LogP contribution in [-0.4, -0.2) is 37.9 Å². The second kappa shape index (κ2) is 7.21. The summed E-state index contributed by atoms with van der Waals surface area (Å²) in [7, 11) is 0. The van der Waals surface area contributed by atoms with E-state index in [4.69, 9.17) is 0 Å². The van der Waals surface area contributed by atoms with E-state index in [1.54, 1.807) is 4.68 Å².